The molecule has 1 aliphatic heterocycles. The lowest BCUT2D eigenvalue weighted by atomic mass is 10.1. The van der Waals surface area contributed by atoms with Crippen LogP contribution in [-0.2, 0) is 4.79 Å². The first-order valence-corrected chi connectivity index (χ1v) is 10.0. The molecule has 1 amide bonds. The van der Waals surface area contributed by atoms with Gasteiger partial charge in [0.25, 0.3) is 0 Å². The lowest BCUT2D eigenvalue weighted by molar-refractivity contribution is -0.133. The van der Waals surface area contributed by atoms with Crippen molar-refractivity contribution in [3.63, 3.8) is 0 Å². The minimum Gasteiger partial charge on any atom is -0.497 e. The van der Waals surface area contributed by atoms with Crippen LogP contribution in [0.15, 0.2) is 24.3 Å². The smallest absolute Gasteiger partial charge is 0.236 e. The molecule has 1 heterocycles. The van der Waals surface area contributed by atoms with Crippen molar-refractivity contribution in [3.8, 4) is 5.75 Å². The van der Waals surface area contributed by atoms with Crippen LogP contribution >= 0.6 is 0 Å². The van der Waals surface area contributed by atoms with Crippen LogP contribution in [0.4, 0.5) is 5.69 Å². The van der Waals surface area contributed by atoms with E-state index in [1.54, 1.807) is 7.11 Å². The number of ether oxygens (including phenoxy) is 1. The summed E-state index contributed by atoms with van der Waals surface area (Å²) in [6, 6.07) is 9.21. The minimum atomic E-state index is 0.292. The number of benzene rings is 1. The average Bonchev–Trinajstić information content (AvgIpc) is 3.20. The van der Waals surface area contributed by atoms with Crippen LogP contribution in [0, 0.1) is 0 Å². The van der Waals surface area contributed by atoms with E-state index in [9.17, 15) is 4.79 Å². The number of carbonyl (C=O) groups excluding carboxylic acids is 1. The first-order valence-electron chi connectivity index (χ1n) is 10.0. The van der Waals surface area contributed by atoms with Gasteiger partial charge >= 0.3 is 0 Å². The maximum absolute atomic E-state index is 12.8. The number of hydrogen-bond acceptors (Lipinski definition) is 4. The fourth-order valence-corrected chi connectivity index (χ4v) is 4.23. The Morgan fingerprint density at radius 2 is 1.73 bits per heavy atom. The quantitative estimate of drug-likeness (QED) is 0.782. The van der Waals surface area contributed by atoms with Gasteiger partial charge in [-0.15, -0.1) is 0 Å². The predicted octanol–water partition coefficient (Wildman–Crippen LogP) is 3.00. The third-order valence-corrected chi connectivity index (χ3v) is 5.84. The topological polar surface area (TPSA) is 36.0 Å². The molecule has 0 radical (unpaired) electrons. The lowest BCUT2D eigenvalue weighted by Gasteiger charge is -2.38. The van der Waals surface area contributed by atoms with Crippen LogP contribution in [0.1, 0.15) is 39.5 Å². The maximum Gasteiger partial charge on any atom is 0.236 e. The van der Waals surface area contributed by atoms with Gasteiger partial charge in [0.05, 0.1) is 13.7 Å². The van der Waals surface area contributed by atoms with Gasteiger partial charge in [-0.1, -0.05) is 12.8 Å². The summed E-state index contributed by atoms with van der Waals surface area (Å²) in [4.78, 5) is 19.7. The number of methoxy groups -OCH3 is 1. The van der Waals surface area contributed by atoms with Crippen molar-refractivity contribution in [2.45, 2.75) is 51.6 Å². The van der Waals surface area contributed by atoms with E-state index >= 15 is 0 Å². The molecule has 0 bridgehead atoms. The molecule has 5 nitrogen and oxygen atoms in total. The van der Waals surface area contributed by atoms with E-state index in [1.807, 2.05) is 17.0 Å². The molecule has 5 heteroatoms. The highest BCUT2D eigenvalue weighted by Gasteiger charge is 2.29. The summed E-state index contributed by atoms with van der Waals surface area (Å²) in [7, 11) is 1.69. The third kappa shape index (κ3) is 4.50. The Labute approximate surface area is 157 Å². The molecule has 0 unspecified atom stereocenters. The zero-order valence-corrected chi connectivity index (χ0v) is 16.5. The number of nitrogens with zero attached hydrogens (tertiary/aromatic N) is 3. The van der Waals surface area contributed by atoms with Crippen LogP contribution in [0.25, 0.3) is 0 Å². The Morgan fingerprint density at radius 1 is 1.12 bits per heavy atom. The van der Waals surface area contributed by atoms with Crippen LogP contribution in [0.3, 0.4) is 0 Å². The first kappa shape index (κ1) is 19.0. The van der Waals surface area contributed by atoms with Gasteiger partial charge < -0.3 is 14.5 Å². The molecule has 1 aromatic carbocycles. The maximum atomic E-state index is 12.8. The zero-order valence-electron chi connectivity index (χ0n) is 16.5. The molecule has 3 rings (SSSR count). The fraction of sp³-hybridized carbons (Fsp3) is 0.667. The molecule has 0 spiro atoms. The van der Waals surface area contributed by atoms with E-state index in [0.29, 0.717) is 24.5 Å². The molecule has 0 aromatic heterocycles. The molecule has 2 aliphatic rings. The van der Waals surface area contributed by atoms with Crippen LogP contribution in [-0.4, -0.2) is 67.6 Å². The molecule has 1 saturated heterocycles. The fourth-order valence-electron chi connectivity index (χ4n) is 4.23. The van der Waals surface area contributed by atoms with Crippen LogP contribution < -0.4 is 9.64 Å². The van der Waals surface area contributed by atoms with E-state index in [1.165, 1.54) is 31.4 Å². The van der Waals surface area contributed by atoms with Gasteiger partial charge in [0.15, 0.2) is 0 Å². The number of hydrogen-bond donors (Lipinski definition) is 0. The van der Waals surface area contributed by atoms with Crippen molar-refractivity contribution in [2.24, 2.45) is 0 Å². The Bertz CT molecular complexity index is 573. The second-order valence-electron chi connectivity index (χ2n) is 7.77. The van der Waals surface area contributed by atoms with Crippen LogP contribution in [0.5, 0.6) is 5.75 Å². The highest BCUT2D eigenvalue weighted by Crippen LogP contribution is 2.25. The molecular weight excluding hydrogens is 326 g/mol. The molecule has 144 valence electrons. The number of rotatable bonds is 6. The van der Waals surface area contributed by atoms with Crippen molar-refractivity contribution in [1.82, 2.24) is 9.80 Å². The molecule has 1 saturated carbocycles. The Morgan fingerprint density at radius 3 is 2.27 bits per heavy atom. The molecule has 1 aromatic rings. The highest BCUT2D eigenvalue weighted by atomic mass is 16.5. The minimum absolute atomic E-state index is 0.292. The van der Waals surface area contributed by atoms with Crippen LogP contribution in [0.2, 0.25) is 0 Å². The molecule has 2 fully saturated rings. The van der Waals surface area contributed by atoms with E-state index in [0.717, 1.165) is 31.9 Å². The summed E-state index contributed by atoms with van der Waals surface area (Å²) in [5.41, 5.74) is 1.20. The summed E-state index contributed by atoms with van der Waals surface area (Å²) in [6.07, 6.45) is 5.11. The highest BCUT2D eigenvalue weighted by molar-refractivity contribution is 5.78. The lowest BCUT2D eigenvalue weighted by Crippen LogP contribution is -2.53. The second-order valence-corrected chi connectivity index (χ2v) is 7.77. The second kappa shape index (κ2) is 8.76. The summed E-state index contributed by atoms with van der Waals surface area (Å²) in [6.45, 7) is 8.40. The first-order chi connectivity index (χ1) is 12.6. The number of carbonyl (C=O) groups is 1. The van der Waals surface area contributed by atoms with Crippen molar-refractivity contribution >= 4 is 11.6 Å². The standard InChI is InChI=1S/C21H33N3O2/c1-17(2)24(19-6-4-5-7-19)16-21(25)23-14-12-22(13-15-23)18-8-10-20(26-3)11-9-18/h8-11,17,19H,4-7,12-16H2,1-3H3. The van der Waals surface area contributed by atoms with Gasteiger partial charge in [-0.05, 0) is 51.0 Å². The molecular formula is C21H33N3O2. The third-order valence-electron chi connectivity index (χ3n) is 5.84. The molecule has 0 N–H and O–H groups in total. The Kier molecular flexibility index (Phi) is 6.41. The van der Waals surface area contributed by atoms with Gasteiger partial charge in [0, 0.05) is 44.0 Å². The summed E-state index contributed by atoms with van der Waals surface area (Å²) >= 11 is 0. The Balaban J connectivity index is 1.52. The van der Waals surface area contributed by atoms with Gasteiger partial charge in [0.2, 0.25) is 5.91 Å². The van der Waals surface area contributed by atoms with Crippen molar-refractivity contribution in [2.75, 3.05) is 44.7 Å². The van der Waals surface area contributed by atoms with Crippen molar-refractivity contribution in [1.29, 1.82) is 0 Å². The number of piperazine rings is 1. The van der Waals surface area contributed by atoms with Gasteiger partial charge in [-0.2, -0.15) is 0 Å². The summed E-state index contributed by atoms with van der Waals surface area (Å²) in [5, 5.41) is 0. The van der Waals surface area contributed by atoms with Crippen molar-refractivity contribution < 1.29 is 9.53 Å². The normalized spacial score (nSPS) is 18.8. The number of amides is 1. The molecule has 0 atom stereocenters. The zero-order chi connectivity index (χ0) is 18.5. The van der Waals surface area contributed by atoms with Gasteiger partial charge in [0.1, 0.15) is 5.75 Å². The van der Waals surface area contributed by atoms with E-state index in [4.69, 9.17) is 4.74 Å². The Hall–Kier alpha value is -1.75. The van der Waals surface area contributed by atoms with E-state index in [-0.39, 0.29) is 0 Å². The van der Waals surface area contributed by atoms with Crippen molar-refractivity contribution in [3.05, 3.63) is 24.3 Å². The number of anilines is 1. The molecule has 1 aliphatic carbocycles. The van der Waals surface area contributed by atoms with Gasteiger partial charge in [-0.3, -0.25) is 9.69 Å². The van der Waals surface area contributed by atoms with Gasteiger partial charge in [-0.25, -0.2) is 0 Å². The monoisotopic (exact) mass is 359 g/mol. The summed E-state index contributed by atoms with van der Waals surface area (Å²) < 4.78 is 5.23. The van der Waals surface area contributed by atoms with E-state index in [2.05, 4.69) is 35.8 Å². The average molecular weight is 360 g/mol. The summed E-state index contributed by atoms with van der Waals surface area (Å²) in [5.74, 6) is 1.17. The predicted molar refractivity (Wildman–Crippen MR) is 106 cm³/mol. The molecule has 26 heavy (non-hydrogen) atoms. The van der Waals surface area contributed by atoms with E-state index < -0.39 is 0 Å². The largest absolute Gasteiger partial charge is 0.497 e. The SMILES string of the molecule is COc1ccc(N2CCN(C(=O)CN(C(C)C)C3CCCC3)CC2)cc1.